The van der Waals surface area contributed by atoms with Gasteiger partial charge in [0.2, 0.25) is 0 Å². The fourth-order valence-electron chi connectivity index (χ4n) is 6.93. The van der Waals surface area contributed by atoms with Crippen LogP contribution in [0.5, 0.6) is 0 Å². The molecule has 0 aromatic carbocycles. The molecule has 1 fully saturated rings. The number of esters is 2. The van der Waals surface area contributed by atoms with Crippen LogP contribution < -0.4 is 0 Å². The number of phosphoric acid groups is 1. The Hall–Kier alpha value is -1.85. The Bertz CT molecular complexity index is 1100. The Morgan fingerprint density at radius 2 is 1.27 bits per heavy atom. The Morgan fingerprint density at radius 3 is 1.87 bits per heavy atom. The predicted molar refractivity (Wildman–Crippen MR) is 218 cm³/mol. The Balaban J connectivity index is 2.28. The summed E-state index contributed by atoms with van der Waals surface area (Å²) in [6.07, 6.45) is 32.8. The number of allylic oxidation sites excluding steroid dienone is 3. The van der Waals surface area contributed by atoms with Crippen molar-refractivity contribution in [2.45, 2.75) is 199 Å². The maximum Gasteiger partial charge on any atom is 0.469 e. The van der Waals surface area contributed by atoms with Crippen LogP contribution in [0.15, 0.2) is 36.5 Å². The first-order chi connectivity index (χ1) is 26.5. The molecular formula is C43H77O11P. The minimum Gasteiger partial charge on any atom is -0.462 e. The number of phosphoric ester groups is 1. The smallest absolute Gasteiger partial charge is 0.462 e. The van der Waals surface area contributed by atoms with Gasteiger partial charge in [0, 0.05) is 18.8 Å². The molecule has 0 aromatic heterocycles. The van der Waals surface area contributed by atoms with Crippen molar-refractivity contribution in [3.63, 3.8) is 0 Å². The number of unbranched alkanes of at least 4 members (excludes halogenated alkanes) is 17. The van der Waals surface area contributed by atoms with Gasteiger partial charge in [-0.2, -0.15) is 0 Å². The van der Waals surface area contributed by atoms with E-state index in [4.69, 9.17) is 19.3 Å². The molecule has 5 N–H and O–H groups in total. The van der Waals surface area contributed by atoms with Gasteiger partial charge < -0.3 is 34.6 Å². The molecule has 55 heavy (non-hydrogen) atoms. The van der Waals surface area contributed by atoms with Gasteiger partial charge in [0.1, 0.15) is 6.61 Å². The number of aliphatic hydroxyl groups is 3. The van der Waals surface area contributed by atoms with E-state index in [1.165, 1.54) is 83.5 Å². The third-order valence-electron chi connectivity index (χ3n) is 10.2. The zero-order chi connectivity index (χ0) is 40.6. The van der Waals surface area contributed by atoms with Crippen LogP contribution >= 0.6 is 7.82 Å². The zero-order valence-corrected chi connectivity index (χ0v) is 35.0. The molecule has 1 saturated carbocycles. The number of carbonyl (C=O) groups excluding carboxylic acids is 2. The van der Waals surface area contributed by atoms with Crippen LogP contribution in [0, 0.1) is 11.8 Å². The number of hydrogen-bond donors (Lipinski definition) is 5. The molecule has 1 rings (SSSR count). The van der Waals surface area contributed by atoms with Crippen LogP contribution in [0.25, 0.3) is 0 Å². The lowest BCUT2D eigenvalue weighted by Crippen LogP contribution is -2.29. The molecule has 11 nitrogen and oxygen atoms in total. The zero-order valence-electron chi connectivity index (χ0n) is 34.2. The van der Waals surface area contributed by atoms with Crippen molar-refractivity contribution in [2.24, 2.45) is 11.8 Å². The van der Waals surface area contributed by atoms with Crippen molar-refractivity contribution < 1.29 is 53.3 Å². The average Bonchev–Trinajstić information content (AvgIpc) is 3.41. The molecule has 1 aliphatic carbocycles. The molecule has 0 saturated heterocycles. The summed E-state index contributed by atoms with van der Waals surface area (Å²) in [6.45, 7) is 3.30. The average molecular weight is 801 g/mol. The highest BCUT2D eigenvalue weighted by Gasteiger charge is 2.39. The van der Waals surface area contributed by atoms with E-state index in [-0.39, 0.29) is 31.1 Å². The first kappa shape index (κ1) is 51.2. The first-order valence-corrected chi connectivity index (χ1v) is 23.1. The third-order valence-corrected chi connectivity index (χ3v) is 10.7. The van der Waals surface area contributed by atoms with Crippen molar-refractivity contribution >= 4 is 19.8 Å². The second kappa shape index (κ2) is 33.2. The molecule has 0 unspecified atom stereocenters. The predicted octanol–water partition coefficient (Wildman–Crippen LogP) is 9.34. The normalized spacial score (nSPS) is 20.2. The highest BCUT2D eigenvalue weighted by atomic mass is 31.2. The molecule has 6 atom stereocenters. The van der Waals surface area contributed by atoms with E-state index >= 15 is 0 Å². The van der Waals surface area contributed by atoms with E-state index < -0.39 is 57.4 Å². The van der Waals surface area contributed by atoms with Gasteiger partial charge in [0.25, 0.3) is 0 Å². The SMILES string of the molecule is CCCCCCCC/C=C\CCCCCCCCCCCC(=O)OC[C@H](COP(=O)(O)O)OC(=O)C/C=C\C[C@H]1[C@@H](/C=C/[C@H](O)CCCCC)[C@H](O)C[C@@H]1O. The van der Waals surface area contributed by atoms with Crippen LogP contribution in [-0.4, -0.2) is 74.7 Å². The van der Waals surface area contributed by atoms with Gasteiger partial charge in [-0.05, 0) is 50.9 Å². The molecule has 0 aliphatic heterocycles. The summed E-state index contributed by atoms with van der Waals surface area (Å²) in [7, 11) is -4.85. The van der Waals surface area contributed by atoms with E-state index in [9.17, 15) is 29.5 Å². The molecule has 0 bridgehead atoms. The fraction of sp³-hybridized carbons (Fsp3) is 0.814. The van der Waals surface area contributed by atoms with Gasteiger partial charge in [-0.3, -0.25) is 14.1 Å². The number of ether oxygens (including phenoxy) is 2. The third kappa shape index (κ3) is 29.1. The molecule has 0 spiro atoms. The minimum absolute atomic E-state index is 0.168. The van der Waals surface area contributed by atoms with Gasteiger partial charge in [0.05, 0.1) is 31.3 Å². The maximum absolute atomic E-state index is 12.6. The lowest BCUT2D eigenvalue weighted by molar-refractivity contribution is -0.160. The van der Waals surface area contributed by atoms with Gasteiger partial charge in [-0.25, -0.2) is 4.57 Å². The molecule has 0 amide bonds. The number of aliphatic hydroxyl groups excluding tert-OH is 3. The van der Waals surface area contributed by atoms with E-state index in [0.29, 0.717) is 19.3 Å². The molecule has 0 heterocycles. The minimum atomic E-state index is -4.85. The van der Waals surface area contributed by atoms with Crippen LogP contribution in [0.4, 0.5) is 0 Å². The second-order valence-corrected chi connectivity index (χ2v) is 16.5. The molecule has 0 radical (unpaired) electrons. The van der Waals surface area contributed by atoms with Crippen molar-refractivity contribution in [2.75, 3.05) is 13.2 Å². The number of hydrogen-bond acceptors (Lipinski definition) is 9. The van der Waals surface area contributed by atoms with Gasteiger partial charge in [0.15, 0.2) is 6.10 Å². The number of rotatable bonds is 35. The van der Waals surface area contributed by atoms with Crippen molar-refractivity contribution in [3.05, 3.63) is 36.5 Å². The maximum atomic E-state index is 12.6. The summed E-state index contributed by atoms with van der Waals surface area (Å²) < 4.78 is 26.4. The molecule has 1 aliphatic rings. The van der Waals surface area contributed by atoms with Crippen LogP contribution in [-0.2, 0) is 28.2 Å². The monoisotopic (exact) mass is 801 g/mol. The number of carbonyl (C=O) groups is 2. The van der Waals surface area contributed by atoms with Crippen LogP contribution in [0.2, 0.25) is 0 Å². The van der Waals surface area contributed by atoms with Gasteiger partial charge >= 0.3 is 19.8 Å². The van der Waals surface area contributed by atoms with Crippen molar-refractivity contribution in [3.8, 4) is 0 Å². The second-order valence-electron chi connectivity index (χ2n) is 15.3. The van der Waals surface area contributed by atoms with E-state index in [1.807, 2.05) is 0 Å². The fourth-order valence-corrected chi connectivity index (χ4v) is 7.29. The standard InChI is InChI=1S/C43H77O11P/c1-3-5-7-8-9-10-11-12-13-14-15-16-17-18-19-20-21-22-24-29-42(47)52-34-37(35-53-55(49,50)51)54-43(48)30-26-25-28-38-39(41(46)33-40(38)45)32-31-36(44)27-23-6-4-2/h12-13,25-26,31-32,36-41,44-46H,3-11,14-24,27-30,33-35H2,1-2H3,(H2,49,50,51)/b13-12-,26-25-,32-31+/t36-,37-,38+,39-,40+,41-/m1/s1. The molecule has 320 valence electrons. The van der Waals surface area contributed by atoms with Gasteiger partial charge in [-0.15, -0.1) is 0 Å². The molecule has 12 heteroatoms. The Labute approximate surface area is 332 Å². The van der Waals surface area contributed by atoms with Crippen LogP contribution in [0.1, 0.15) is 174 Å². The summed E-state index contributed by atoms with van der Waals surface area (Å²) in [5.41, 5.74) is 0. The molecule has 0 aromatic rings. The van der Waals surface area contributed by atoms with E-state index in [2.05, 4.69) is 30.5 Å². The summed E-state index contributed by atoms with van der Waals surface area (Å²) in [5, 5.41) is 31.2. The first-order valence-electron chi connectivity index (χ1n) is 21.5. The lowest BCUT2D eigenvalue weighted by Gasteiger charge is -2.20. The van der Waals surface area contributed by atoms with E-state index in [1.54, 1.807) is 24.3 Å². The summed E-state index contributed by atoms with van der Waals surface area (Å²) in [5.74, 6) is -1.82. The Morgan fingerprint density at radius 1 is 0.709 bits per heavy atom. The van der Waals surface area contributed by atoms with Crippen LogP contribution in [0.3, 0.4) is 0 Å². The summed E-state index contributed by atoms with van der Waals surface area (Å²) in [6, 6.07) is 0. The Kier molecular flexibility index (Phi) is 30.8. The largest absolute Gasteiger partial charge is 0.469 e. The van der Waals surface area contributed by atoms with E-state index in [0.717, 1.165) is 38.5 Å². The lowest BCUT2D eigenvalue weighted by atomic mass is 9.89. The summed E-state index contributed by atoms with van der Waals surface area (Å²) in [4.78, 5) is 43.2. The topological polar surface area (TPSA) is 180 Å². The van der Waals surface area contributed by atoms with Crippen molar-refractivity contribution in [1.82, 2.24) is 0 Å². The van der Waals surface area contributed by atoms with Crippen molar-refractivity contribution in [1.29, 1.82) is 0 Å². The highest BCUT2D eigenvalue weighted by molar-refractivity contribution is 7.46. The quantitative estimate of drug-likeness (QED) is 0.0178. The van der Waals surface area contributed by atoms with Gasteiger partial charge in [-0.1, -0.05) is 147 Å². The highest BCUT2D eigenvalue weighted by Crippen LogP contribution is 2.37. The molecular weight excluding hydrogens is 723 g/mol. The summed E-state index contributed by atoms with van der Waals surface area (Å²) >= 11 is 0.